The van der Waals surface area contributed by atoms with Gasteiger partial charge in [-0.2, -0.15) is 5.10 Å². The van der Waals surface area contributed by atoms with Gasteiger partial charge >= 0.3 is 0 Å². The van der Waals surface area contributed by atoms with Crippen LogP contribution in [-0.2, 0) is 13.6 Å². The Morgan fingerprint density at radius 2 is 2.43 bits per heavy atom. The first kappa shape index (κ1) is 9.68. The van der Waals surface area contributed by atoms with Gasteiger partial charge in [-0.15, -0.1) is 0 Å². The van der Waals surface area contributed by atoms with Gasteiger partial charge in [0.15, 0.2) is 0 Å². The van der Waals surface area contributed by atoms with Crippen LogP contribution < -0.4 is 5.32 Å². The molecule has 0 saturated carbocycles. The average molecular weight is 194 g/mol. The summed E-state index contributed by atoms with van der Waals surface area (Å²) < 4.78 is 1.85. The maximum Gasteiger partial charge on any atom is 0.0762 e. The van der Waals surface area contributed by atoms with E-state index in [0.717, 1.165) is 18.8 Å². The zero-order valence-electron chi connectivity index (χ0n) is 8.90. The SMILES string of the molecule is CN1CCC(NCc2ccn(C)n2)C1. The minimum Gasteiger partial charge on any atom is -0.307 e. The van der Waals surface area contributed by atoms with Crippen LogP contribution in [0.25, 0.3) is 0 Å². The number of nitrogens with one attached hydrogen (secondary N) is 1. The van der Waals surface area contributed by atoms with Crippen molar-refractivity contribution in [2.45, 2.75) is 19.0 Å². The van der Waals surface area contributed by atoms with Gasteiger partial charge in [-0.25, -0.2) is 0 Å². The molecule has 1 aliphatic heterocycles. The van der Waals surface area contributed by atoms with Crippen molar-refractivity contribution in [1.82, 2.24) is 20.0 Å². The van der Waals surface area contributed by atoms with Crippen LogP contribution in [0.2, 0.25) is 0 Å². The van der Waals surface area contributed by atoms with Crippen molar-refractivity contribution in [3.8, 4) is 0 Å². The topological polar surface area (TPSA) is 33.1 Å². The lowest BCUT2D eigenvalue weighted by Gasteiger charge is -2.11. The lowest BCUT2D eigenvalue weighted by Crippen LogP contribution is -2.31. The van der Waals surface area contributed by atoms with Crippen molar-refractivity contribution in [1.29, 1.82) is 0 Å². The fourth-order valence-electron chi connectivity index (χ4n) is 1.91. The zero-order chi connectivity index (χ0) is 9.97. The van der Waals surface area contributed by atoms with E-state index in [1.807, 2.05) is 17.9 Å². The fraction of sp³-hybridized carbons (Fsp3) is 0.700. The molecule has 1 saturated heterocycles. The summed E-state index contributed by atoms with van der Waals surface area (Å²) in [6, 6.07) is 2.70. The molecule has 1 atom stereocenters. The van der Waals surface area contributed by atoms with Crippen LogP contribution in [0.1, 0.15) is 12.1 Å². The summed E-state index contributed by atoms with van der Waals surface area (Å²) in [6.45, 7) is 3.26. The van der Waals surface area contributed by atoms with Gasteiger partial charge in [0.25, 0.3) is 0 Å². The third-order valence-electron chi connectivity index (χ3n) is 2.73. The predicted octanol–water partition coefficient (Wildman–Crippen LogP) is 0.214. The van der Waals surface area contributed by atoms with Gasteiger partial charge in [-0.1, -0.05) is 0 Å². The van der Waals surface area contributed by atoms with Gasteiger partial charge < -0.3 is 10.2 Å². The Kier molecular flexibility index (Phi) is 2.84. The first-order chi connectivity index (χ1) is 6.74. The second-order valence-corrected chi connectivity index (χ2v) is 4.11. The molecule has 0 radical (unpaired) electrons. The summed E-state index contributed by atoms with van der Waals surface area (Å²) in [5.41, 5.74) is 1.13. The number of hydrogen-bond acceptors (Lipinski definition) is 3. The van der Waals surface area contributed by atoms with E-state index in [4.69, 9.17) is 0 Å². The Hall–Kier alpha value is -0.870. The number of likely N-dealkylation sites (N-methyl/N-ethyl adjacent to an activating group) is 1. The smallest absolute Gasteiger partial charge is 0.0762 e. The Bertz CT molecular complexity index is 294. The van der Waals surface area contributed by atoms with E-state index in [-0.39, 0.29) is 0 Å². The zero-order valence-corrected chi connectivity index (χ0v) is 8.90. The summed E-state index contributed by atoms with van der Waals surface area (Å²) >= 11 is 0. The molecule has 2 rings (SSSR count). The molecule has 1 unspecified atom stereocenters. The molecule has 14 heavy (non-hydrogen) atoms. The van der Waals surface area contributed by atoms with Crippen LogP contribution >= 0.6 is 0 Å². The molecule has 1 aliphatic rings. The normalized spacial score (nSPS) is 23.1. The summed E-state index contributed by atoms with van der Waals surface area (Å²) in [5.74, 6) is 0. The van der Waals surface area contributed by atoms with Gasteiger partial charge in [0, 0.05) is 32.4 Å². The predicted molar refractivity (Wildman–Crippen MR) is 55.9 cm³/mol. The third kappa shape index (κ3) is 2.33. The van der Waals surface area contributed by atoms with Crippen LogP contribution in [0.3, 0.4) is 0 Å². The summed E-state index contributed by atoms with van der Waals surface area (Å²) in [5, 5.41) is 7.86. The second kappa shape index (κ2) is 4.11. The van der Waals surface area contributed by atoms with E-state index in [1.54, 1.807) is 0 Å². The van der Waals surface area contributed by atoms with Gasteiger partial charge in [-0.05, 0) is 26.1 Å². The van der Waals surface area contributed by atoms with Crippen molar-refractivity contribution in [2.75, 3.05) is 20.1 Å². The molecule has 1 aromatic heterocycles. The Morgan fingerprint density at radius 3 is 3.00 bits per heavy atom. The number of aromatic nitrogens is 2. The fourth-order valence-corrected chi connectivity index (χ4v) is 1.91. The number of nitrogens with zero attached hydrogens (tertiary/aromatic N) is 3. The molecule has 0 spiro atoms. The van der Waals surface area contributed by atoms with Crippen LogP contribution in [-0.4, -0.2) is 40.9 Å². The van der Waals surface area contributed by atoms with Crippen LogP contribution in [0, 0.1) is 0 Å². The van der Waals surface area contributed by atoms with Crippen molar-refractivity contribution in [3.05, 3.63) is 18.0 Å². The lowest BCUT2D eigenvalue weighted by atomic mass is 10.2. The minimum atomic E-state index is 0.641. The van der Waals surface area contributed by atoms with Crippen LogP contribution in [0.15, 0.2) is 12.3 Å². The van der Waals surface area contributed by atoms with Crippen molar-refractivity contribution < 1.29 is 0 Å². The second-order valence-electron chi connectivity index (χ2n) is 4.11. The highest BCUT2D eigenvalue weighted by Crippen LogP contribution is 2.06. The van der Waals surface area contributed by atoms with Gasteiger partial charge in [0.2, 0.25) is 0 Å². The summed E-state index contributed by atoms with van der Waals surface area (Å²) in [6.07, 6.45) is 3.24. The molecule has 1 aromatic rings. The summed E-state index contributed by atoms with van der Waals surface area (Å²) in [7, 11) is 4.12. The maximum absolute atomic E-state index is 4.33. The number of aryl methyl sites for hydroxylation is 1. The van der Waals surface area contributed by atoms with Crippen LogP contribution in [0.5, 0.6) is 0 Å². The molecular weight excluding hydrogens is 176 g/mol. The van der Waals surface area contributed by atoms with Crippen LogP contribution in [0.4, 0.5) is 0 Å². The highest BCUT2D eigenvalue weighted by molar-refractivity contribution is 4.98. The van der Waals surface area contributed by atoms with E-state index in [9.17, 15) is 0 Å². The van der Waals surface area contributed by atoms with E-state index in [0.29, 0.717) is 6.04 Å². The Labute approximate surface area is 84.9 Å². The molecule has 0 amide bonds. The number of hydrogen-bond donors (Lipinski definition) is 1. The molecule has 4 nitrogen and oxygen atoms in total. The van der Waals surface area contributed by atoms with E-state index in [2.05, 4.69) is 28.4 Å². The van der Waals surface area contributed by atoms with E-state index >= 15 is 0 Å². The quantitative estimate of drug-likeness (QED) is 0.747. The van der Waals surface area contributed by atoms with Gasteiger partial charge in [-0.3, -0.25) is 4.68 Å². The molecule has 0 aliphatic carbocycles. The highest BCUT2D eigenvalue weighted by atomic mass is 15.3. The largest absolute Gasteiger partial charge is 0.307 e. The van der Waals surface area contributed by atoms with Crippen molar-refractivity contribution >= 4 is 0 Å². The summed E-state index contributed by atoms with van der Waals surface area (Å²) in [4.78, 5) is 2.36. The lowest BCUT2D eigenvalue weighted by molar-refractivity contribution is 0.397. The van der Waals surface area contributed by atoms with Gasteiger partial charge in [0.05, 0.1) is 5.69 Å². The monoisotopic (exact) mass is 194 g/mol. The van der Waals surface area contributed by atoms with Gasteiger partial charge in [0.1, 0.15) is 0 Å². The number of rotatable bonds is 3. The standard InChI is InChI=1S/C10H18N4/c1-13-5-3-10(8-13)11-7-9-4-6-14(2)12-9/h4,6,10-11H,3,5,7-8H2,1-2H3. The highest BCUT2D eigenvalue weighted by Gasteiger charge is 2.18. The Balaban J connectivity index is 1.77. The molecule has 1 fully saturated rings. The minimum absolute atomic E-state index is 0.641. The first-order valence-electron chi connectivity index (χ1n) is 5.14. The van der Waals surface area contributed by atoms with E-state index in [1.165, 1.54) is 13.0 Å². The molecule has 2 heterocycles. The molecule has 4 heteroatoms. The Morgan fingerprint density at radius 1 is 1.57 bits per heavy atom. The molecule has 0 aromatic carbocycles. The van der Waals surface area contributed by atoms with Crippen molar-refractivity contribution in [3.63, 3.8) is 0 Å². The third-order valence-corrected chi connectivity index (χ3v) is 2.73. The molecule has 78 valence electrons. The van der Waals surface area contributed by atoms with E-state index < -0.39 is 0 Å². The molecular formula is C10H18N4. The number of likely N-dealkylation sites (tertiary alicyclic amines) is 1. The van der Waals surface area contributed by atoms with Crippen molar-refractivity contribution in [2.24, 2.45) is 7.05 Å². The molecule has 1 N–H and O–H groups in total. The average Bonchev–Trinajstić information content (AvgIpc) is 2.72. The molecule has 0 bridgehead atoms. The maximum atomic E-state index is 4.33. The first-order valence-corrected chi connectivity index (χ1v) is 5.14.